The van der Waals surface area contributed by atoms with Crippen molar-refractivity contribution in [3.8, 4) is 5.75 Å². The van der Waals surface area contributed by atoms with Crippen molar-refractivity contribution in [2.75, 3.05) is 27.3 Å². The van der Waals surface area contributed by atoms with E-state index >= 15 is 0 Å². The van der Waals surface area contributed by atoms with Gasteiger partial charge in [0.2, 0.25) is 10.0 Å². The summed E-state index contributed by atoms with van der Waals surface area (Å²) in [6.45, 7) is 1.20. The van der Waals surface area contributed by atoms with Crippen LogP contribution in [0.2, 0.25) is 0 Å². The van der Waals surface area contributed by atoms with Gasteiger partial charge >= 0.3 is 0 Å². The molecule has 2 rings (SSSR count). The van der Waals surface area contributed by atoms with E-state index in [0.29, 0.717) is 18.8 Å². The molecule has 0 bridgehead atoms. The predicted molar refractivity (Wildman–Crippen MR) is 78.0 cm³/mol. The maximum absolute atomic E-state index is 12.3. The number of sulfonamides is 1. The van der Waals surface area contributed by atoms with Crippen LogP contribution < -0.4 is 14.8 Å². The first-order valence-corrected chi connectivity index (χ1v) is 7.45. The summed E-state index contributed by atoms with van der Waals surface area (Å²) in [5.41, 5.74) is 0. The van der Waals surface area contributed by atoms with Crippen LogP contribution in [0, 0.1) is 0 Å². The highest BCUT2D eigenvalue weighted by atomic mass is 35.5. The molecule has 1 aliphatic rings. The molecule has 1 aromatic rings. The van der Waals surface area contributed by atoms with E-state index in [1.165, 1.54) is 19.2 Å². The topological polar surface area (TPSA) is 76.7 Å². The van der Waals surface area contributed by atoms with E-state index in [2.05, 4.69) is 10.0 Å². The third-order valence-electron chi connectivity index (χ3n) is 3.12. The van der Waals surface area contributed by atoms with E-state index in [-0.39, 0.29) is 29.4 Å². The summed E-state index contributed by atoms with van der Waals surface area (Å²) in [7, 11) is -0.494. The van der Waals surface area contributed by atoms with Crippen molar-refractivity contribution in [1.82, 2.24) is 10.0 Å². The van der Waals surface area contributed by atoms with Crippen LogP contribution in [0.25, 0.3) is 0 Å². The highest BCUT2D eigenvalue weighted by Crippen LogP contribution is 2.18. The summed E-state index contributed by atoms with van der Waals surface area (Å²) in [5, 5.41) is 3.09. The Hall–Kier alpha value is -0.860. The number of ether oxygens (including phenoxy) is 2. The molecule has 0 radical (unpaired) electrons. The number of hydrogen-bond donors (Lipinski definition) is 2. The molecule has 0 aliphatic carbocycles. The van der Waals surface area contributed by atoms with E-state index in [9.17, 15) is 8.42 Å². The molecule has 20 heavy (non-hydrogen) atoms. The number of methoxy groups -OCH3 is 2. The summed E-state index contributed by atoms with van der Waals surface area (Å²) >= 11 is 0. The molecule has 0 amide bonds. The molecule has 2 N–H and O–H groups in total. The Morgan fingerprint density at radius 2 is 2.05 bits per heavy atom. The first kappa shape index (κ1) is 17.2. The second-order valence-corrected chi connectivity index (χ2v) is 6.05. The molecule has 0 unspecified atom stereocenters. The van der Waals surface area contributed by atoms with Crippen LogP contribution in [0.4, 0.5) is 0 Å². The van der Waals surface area contributed by atoms with Crippen LogP contribution in [0.5, 0.6) is 5.75 Å². The smallest absolute Gasteiger partial charge is 0.241 e. The molecule has 2 atom stereocenters. The molecule has 1 heterocycles. The van der Waals surface area contributed by atoms with Crippen LogP contribution in [-0.4, -0.2) is 47.9 Å². The maximum atomic E-state index is 12.3. The van der Waals surface area contributed by atoms with Crippen molar-refractivity contribution in [2.24, 2.45) is 0 Å². The SMILES string of the molecule is COc1cccc(S(=O)(=O)N[C@H]2CNC[C@@H]2OC)c1.Cl. The Morgan fingerprint density at radius 1 is 1.30 bits per heavy atom. The zero-order valence-corrected chi connectivity index (χ0v) is 13.0. The van der Waals surface area contributed by atoms with Gasteiger partial charge in [0.05, 0.1) is 24.2 Å². The number of nitrogens with one attached hydrogen (secondary N) is 2. The molecule has 1 saturated heterocycles. The first-order chi connectivity index (χ1) is 9.06. The quantitative estimate of drug-likeness (QED) is 0.819. The molecule has 0 spiro atoms. The highest BCUT2D eigenvalue weighted by molar-refractivity contribution is 7.89. The van der Waals surface area contributed by atoms with Crippen molar-refractivity contribution in [2.45, 2.75) is 17.0 Å². The Balaban J connectivity index is 0.00000200. The summed E-state index contributed by atoms with van der Waals surface area (Å²) in [6, 6.07) is 6.12. The number of rotatable bonds is 5. The molecule has 0 saturated carbocycles. The Kier molecular flexibility index (Phi) is 6.22. The average molecular weight is 323 g/mol. The van der Waals surface area contributed by atoms with Gasteiger partial charge in [0.25, 0.3) is 0 Å². The fourth-order valence-electron chi connectivity index (χ4n) is 2.06. The number of benzene rings is 1. The molecule has 0 aromatic heterocycles. The van der Waals surface area contributed by atoms with Crippen LogP contribution in [0.1, 0.15) is 0 Å². The van der Waals surface area contributed by atoms with Crippen LogP contribution in [0.3, 0.4) is 0 Å². The van der Waals surface area contributed by atoms with Gasteiger partial charge in [-0.15, -0.1) is 12.4 Å². The van der Waals surface area contributed by atoms with Crippen LogP contribution >= 0.6 is 12.4 Å². The Labute approximate surface area is 125 Å². The molecular weight excluding hydrogens is 304 g/mol. The van der Waals surface area contributed by atoms with E-state index in [1.807, 2.05) is 0 Å². The van der Waals surface area contributed by atoms with Gasteiger partial charge in [0, 0.05) is 26.3 Å². The normalized spacial score (nSPS) is 22.3. The number of halogens is 1. The summed E-state index contributed by atoms with van der Waals surface area (Å²) in [5.74, 6) is 0.510. The third-order valence-corrected chi connectivity index (χ3v) is 4.61. The molecule has 1 aromatic carbocycles. The minimum Gasteiger partial charge on any atom is -0.497 e. The molecule has 6 nitrogen and oxygen atoms in total. The lowest BCUT2D eigenvalue weighted by Gasteiger charge is -2.18. The summed E-state index contributed by atoms with van der Waals surface area (Å²) in [6.07, 6.45) is -0.152. The second kappa shape index (κ2) is 7.24. The van der Waals surface area contributed by atoms with Gasteiger partial charge in [0.15, 0.2) is 0 Å². The largest absolute Gasteiger partial charge is 0.497 e. The third kappa shape index (κ3) is 3.83. The van der Waals surface area contributed by atoms with Crippen molar-refractivity contribution >= 4 is 22.4 Å². The molecule has 1 aliphatic heterocycles. The van der Waals surface area contributed by atoms with Gasteiger partial charge < -0.3 is 14.8 Å². The summed E-state index contributed by atoms with van der Waals surface area (Å²) < 4.78 is 37.5. The monoisotopic (exact) mass is 322 g/mol. The van der Waals surface area contributed by atoms with Gasteiger partial charge in [-0.3, -0.25) is 0 Å². The lowest BCUT2D eigenvalue weighted by molar-refractivity contribution is 0.103. The Bertz CT molecular complexity index is 538. The van der Waals surface area contributed by atoms with Crippen molar-refractivity contribution < 1.29 is 17.9 Å². The van der Waals surface area contributed by atoms with E-state index in [4.69, 9.17) is 9.47 Å². The minimum atomic E-state index is -3.57. The van der Waals surface area contributed by atoms with Gasteiger partial charge in [0.1, 0.15) is 5.75 Å². The van der Waals surface area contributed by atoms with Crippen LogP contribution in [0.15, 0.2) is 29.2 Å². The van der Waals surface area contributed by atoms with Gasteiger partial charge in [-0.25, -0.2) is 13.1 Å². The Morgan fingerprint density at radius 3 is 2.70 bits per heavy atom. The van der Waals surface area contributed by atoms with Crippen molar-refractivity contribution in [3.05, 3.63) is 24.3 Å². The molecule has 8 heteroatoms. The average Bonchev–Trinajstić information content (AvgIpc) is 2.85. The molecule has 1 fully saturated rings. The van der Waals surface area contributed by atoms with Gasteiger partial charge in [-0.05, 0) is 12.1 Å². The highest BCUT2D eigenvalue weighted by Gasteiger charge is 2.31. The lowest BCUT2D eigenvalue weighted by Crippen LogP contribution is -2.43. The van der Waals surface area contributed by atoms with E-state index in [0.717, 1.165) is 0 Å². The van der Waals surface area contributed by atoms with Crippen LogP contribution in [-0.2, 0) is 14.8 Å². The molecule has 114 valence electrons. The van der Waals surface area contributed by atoms with Gasteiger partial charge in [-0.2, -0.15) is 0 Å². The fraction of sp³-hybridized carbons (Fsp3) is 0.500. The minimum absolute atomic E-state index is 0. The second-order valence-electron chi connectivity index (χ2n) is 4.34. The summed E-state index contributed by atoms with van der Waals surface area (Å²) in [4.78, 5) is 0.189. The van der Waals surface area contributed by atoms with E-state index in [1.54, 1.807) is 19.2 Å². The maximum Gasteiger partial charge on any atom is 0.241 e. The fourth-order valence-corrected chi connectivity index (χ4v) is 3.35. The predicted octanol–water partition coefficient (Wildman–Crippen LogP) is 0.382. The van der Waals surface area contributed by atoms with E-state index < -0.39 is 10.0 Å². The zero-order valence-electron chi connectivity index (χ0n) is 11.3. The van der Waals surface area contributed by atoms with Crippen molar-refractivity contribution in [3.63, 3.8) is 0 Å². The van der Waals surface area contributed by atoms with Gasteiger partial charge in [-0.1, -0.05) is 6.07 Å². The standard InChI is InChI=1S/C12H18N2O4S.ClH/c1-17-9-4-3-5-10(6-9)19(15,16)14-11-7-13-8-12(11)18-2;/h3-6,11-14H,7-8H2,1-2H3;1H/t11-,12-;/m0./s1. The lowest BCUT2D eigenvalue weighted by atomic mass is 10.2. The molecular formula is C12H19ClN2O4S. The first-order valence-electron chi connectivity index (χ1n) is 5.96. The zero-order chi connectivity index (χ0) is 13.9. The van der Waals surface area contributed by atoms with Crippen molar-refractivity contribution in [1.29, 1.82) is 0 Å². The number of hydrogen-bond acceptors (Lipinski definition) is 5.